The summed E-state index contributed by atoms with van der Waals surface area (Å²) >= 11 is 0. The second-order valence-electron chi connectivity index (χ2n) is 6.39. The summed E-state index contributed by atoms with van der Waals surface area (Å²) in [6.45, 7) is 2.32. The largest absolute Gasteiger partial charge is 0.495 e. The van der Waals surface area contributed by atoms with Crippen molar-refractivity contribution < 1.29 is 13.9 Å². The predicted molar refractivity (Wildman–Crippen MR) is 108 cm³/mol. The van der Waals surface area contributed by atoms with Crippen LogP contribution in [-0.4, -0.2) is 24.5 Å². The van der Waals surface area contributed by atoms with Gasteiger partial charge in [0.1, 0.15) is 11.6 Å². The zero-order valence-electron chi connectivity index (χ0n) is 15.8. The van der Waals surface area contributed by atoms with Crippen molar-refractivity contribution in [1.82, 2.24) is 10.3 Å². The van der Waals surface area contributed by atoms with E-state index in [1.54, 1.807) is 37.6 Å². The molecule has 0 aliphatic carbocycles. The molecule has 6 heteroatoms. The topological polar surface area (TPSA) is 63.2 Å². The normalized spacial score (nSPS) is 10.4. The van der Waals surface area contributed by atoms with Gasteiger partial charge in [0.15, 0.2) is 0 Å². The Balaban J connectivity index is 1.65. The third-order valence-corrected chi connectivity index (χ3v) is 4.27. The zero-order chi connectivity index (χ0) is 19.9. The summed E-state index contributed by atoms with van der Waals surface area (Å²) in [4.78, 5) is 16.5. The third-order valence-electron chi connectivity index (χ3n) is 4.27. The number of benzene rings is 2. The minimum Gasteiger partial charge on any atom is -0.495 e. The molecule has 3 rings (SSSR count). The van der Waals surface area contributed by atoms with Crippen LogP contribution in [0.25, 0.3) is 0 Å². The van der Waals surface area contributed by atoms with Gasteiger partial charge in [-0.05, 0) is 48.7 Å². The van der Waals surface area contributed by atoms with Gasteiger partial charge in [0.25, 0.3) is 5.91 Å². The first-order valence-electron chi connectivity index (χ1n) is 8.95. The van der Waals surface area contributed by atoms with Crippen LogP contribution in [0, 0.1) is 12.7 Å². The first kappa shape index (κ1) is 19.4. The molecule has 1 aromatic heterocycles. The van der Waals surface area contributed by atoms with Crippen LogP contribution in [-0.2, 0) is 6.42 Å². The number of hydrogen-bond acceptors (Lipinski definition) is 4. The molecule has 144 valence electrons. The molecule has 1 heterocycles. The number of pyridine rings is 1. The average Bonchev–Trinajstić information content (AvgIpc) is 2.70. The number of nitrogens with one attached hydrogen (secondary N) is 2. The number of aryl methyl sites for hydroxylation is 1. The van der Waals surface area contributed by atoms with Crippen LogP contribution in [0.2, 0.25) is 0 Å². The molecule has 5 nitrogen and oxygen atoms in total. The number of ether oxygens (including phenoxy) is 1. The maximum Gasteiger partial charge on any atom is 0.252 e. The molecule has 0 spiro atoms. The van der Waals surface area contributed by atoms with Crippen molar-refractivity contribution in [2.24, 2.45) is 0 Å². The van der Waals surface area contributed by atoms with E-state index >= 15 is 0 Å². The molecule has 2 N–H and O–H groups in total. The molecule has 0 saturated carbocycles. The van der Waals surface area contributed by atoms with Gasteiger partial charge in [0.05, 0.1) is 30.2 Å². The van der Waals surface area contributed by atoms with E-state index < -0.39 is 0 Å². The van der Waals surface area contributed by atoms with Gasteiger partial charge in [0.2, 0.25) is 0 Å². The summed E-state index contributed by atoms with van der Waals surface area (Å²) in [6, 6.07) is 14.1. The Bertz CT molecular complexity index is 976. The van der Waals surface area contributed by atoms with Gasteiger partial charge in [-0.15, -0.1) is 0 Å². The van der Waals surface area contributed by atoms with Gasteiger partial charge in [-0.25, -0.2) is 4.39 Å². The van der Waals surface area contributed by atoms with Gasteiger partial charge in [0, 0.05) is 12.7 Å². The van der Waals surface area contributed by atoms with Crippen LogP contribution in [0.4, 0.5) is 15.8 Å². The van der Waals surface area contributed by atoms with Crippen molar-refractivity contribution in [1.29, 1.82) is 0 Å². The van der Waals surface area contributed by atoms with E-state index in [1.807, 2.05) is 25.1 Å². The number of amides is 1. The van der Waals surface area contributed by atoms with Crippen LogP contribution in [0.3, 0.4) is 0 Å². The Labute approximate surface area is 163 Å². The number of aromatic nitrogens is 1. The highest BCUT2D eigenvalue weighted by Gasteiger charge is 2.09. The first-order valence-corrected chi connectivity index (χ1v) is 8.95. The molecule has 3 aromatic rings. The second kappa shape index (κ2) is 8.99. The standard InChI is InChI=1S/C22H22FN3O2/c1-15-7-8-21(28-2)20(11-15)26-18-12-17(13-24-14-18)22(27)25-10-9-16-5-3-4-6-19(16)23/h3-8,11-14,26H,9-10H2,1-2H3,(H,25,27). The molecule has 0 atom stereocenters. The molecule has 0 unspecified atom stereocenters. The van der Waals surface area contributed by atoms with E-state index in [9.17, 15) is 9.18 Å². The molecule has 0 saturated heterocycles. The summed E-state index contributed by atoms with van der Waals surface area (Å²) in [7, 11) is 1.60. The number of carbonyl (C=O) groups is 1. The van der Waals surface area contributed by atoms with E-state index in [1.165, 1.54) is 12.3 Å². The van der Waals surface area contributed by atoms with Crippen molar-refractivity contribution in [3.8, 4) is 5.75 Å². The number of methoxy groups -OCH3 is 1. The fraction of sp³-hybridized carbons (Fsp3) is 0.182. The van der Waals surface area contributed by atoms with Crippen molar-refractivity contribution >= 4 is 17.3 Å². The van der Waals surface area contributed by atoms with Gasteiger partial charge in [-0.1, -0.05) is 24.3 Å². The fourth-order valence-electron chi connectivity index (χ4n) is 2.82. The summed E-state index contributed by atoms with van der Waals surface area (Å²) in [5, 5.41) is 6.03. The lowest BCUT2D eigenvalue weighted by Gasteiger charge is -2.12. The Morgan fingerprint density at radius 3 is 2.75 bits per heavy atom. The lowest BCUT2D eigenvalue weighted by Crippen LogP contribution is -2.26. The summed E-state index contributed by atoms with van der Waals surface area (Å²) < 4.78 is 19.0. The molecule has 0 aliphatic heterocycles. The van der Waals surface area contributed by atoms with E-state index in [-0.39, 0.29) is 11.7 Å². The van der Waals surface area contributed by atoms with Crippen LogP contribution in [0.1, 0.15) is 21.5 Å². The predicted octanol–water partition coefficient (Wildman–Crippen LogP) is 4.25. The minimum atomic E-state index is -0.267. The summed E-state index contributed by atoms with van der Waals surface area (Å²) in [6.07, 6.45) is 3.55. The van der Waals surface area contributed by atoms with Crippen LogP contribution in [0.15, 0.2) is 60.9 Å². The smallest absolute Gasteiger partial charge is 0.252 e. The third kappa shape index (κ3) is 4.85. The quantitative estimate of drug-likeness (QED) is 0.644. The van der Waals surface area contributed by atoms with E-state index in [0.717, 1.165) is 11.3 Å². The highest BCUT2D eigenvalue weighted by Crippen LogP contribution is 2.28. The van der Waals surface area contributed by atoms with Gasteiger partial charge in [-0.3, -0.25) is 9.78 Å². The lowest BCUT2D eigenvalue weighted by molar-refractivity contribution is 0.0953. The summed E-state index contributed by atoms with van der Waals surface area (Å²) in [5.41, 5.74) is 3.54. The number of nitrogens with zero attached hydrogens (tertiary/aromatic N) is 1. The molecule has 1 amide bonds. The van der Waals surface area contributed by atoms with Crippen LogP contribution in [0.5, 0.6) is 5.75 Å². The molecule has 0 aliphatic rings. The van der Waals surface area contributed by atoms with Crippen LogP contribution >= 0.6 is 0 Å². The highest BCUT2D eigenvalue weighted by atomic mass is 19.1. The minimum absolute atomic E-state index is 0.260. The number of halogens is 1. The SMILES string of the molecule is COc1ccc(C)cc1Nc1cncc(C(=O)NCCc2ccccc2F)c1. The number of carbonyl (C=O) groups excluding carboxylic acids is 1. The molecular formula is C22H22FN3O2. The Kier molecular flexibility index (Phi) is 6.22. The second-order valence-corrected chi connectivity index (χ2v) is 6.39. The van der Waals surface area contributed by atoms with Crippen molar-refractivity contribution in [3.63, 3.8) is 0 Å². The molecule has 0 radical (unpaired) electrons. The number of hydrogen-bond donors (Lipinski definition) is 2. The van der Waals surface area contributed by atoms with Crippen molar-refractivity contribution in [2.45, 2.75) is 13.3 Å². The maximum absolute atomic E-state index is 13.6. The maximum atomic E-state index is 13.6. The Morgan fingerprint density at radius 1 is 1.14 bits per heavy atom. The number of rotatable bonds is 7. The van der Waals surface area contributed by atoms with Gasteiger partial charge < -0.3 is 15.4 Å². The van der Waals surface area contributed by atoms with Crippen molar-refractivity contribution in [3.05, 3.63) is 83.4 Å². The van der Waals surface area contributed by atoms with E-state index in [2.05, 4.69) is 15.6 Å². The Hall–Kier alpha value is -3.41. The Morgan fingerprint density at radius 2 is 1.96 bits per heavy atom. The number of anilines is 2. The fourth-order valence-corrected chi connectivity index (χ4v) is 2.82. The average molecular weight is 379 g/mol. The molecule has 0 fully saturated rings. The molecule has 2 aromatic carbocycles. The molecule has 28 heavy (non-hydrogen) atoms. The lowest BCUT2D eigenvalue weighted by atomic mass is 10.1. The molecule has 0 bridgehead atoms. The van der Waals surface area contributed by atoms with Crippen molar-refractivity contribution in [2.75, 3.05) is 19.0 Å². The van der Waals surface area contributed by atoms with Crippen LogP contribution < -0.4 is 15.4 Å². The van der Waals surface area contributed by atoms with E-state index in [0.29, 0.717) is 35.5 Å². The monoisotopic (exact) mass is 379 g/mol. The van der Waals surface area contributed by atoms with Gasteiger partial charge in [-0.2, -0.15) is 0 Å². The zero-order valence-corrected chi connectivity index (χ0v) is 15.8. The first-order chi connectivity index (χ1) is 13.6. The van der Waals surface area contributed by atoms with E-state index in [4.69, 9.17) is 4.74 Å². The summed E-state index contributed by atoms with van der Waals surface area (Å²) in [5.74, 6) is 0.172. The highest BCUT2D eigenvalue weighted by molar-refractivity contribution is 5.94. The van der Waals surface area contributed by atoms with Gasteiger partial charge >= 0.3 is 0 Å². The molecular weight excluding hydrogens is 357 g/mol.